The van der Waals surface area contributed by atoms with Gasteiger partial charge in [0.05, 0.1) is 6.61 Å². The van der Waals surface area contributed by atoms with Crippen LogP contribution in [0.4, 0.5) is 0 Å². The van der Waals surface area contributed by atoms with Crippen molar-refractivity contribution in [2.75, 3.05) is 20.3 Å². The minimum Gasteiger partial charge on any atom is -0.383 e. The molecule has 1 aromatic carbocycles. The molecule has 24 heavy (non-hydrogen) atoms. The van der Waals surface area contributed by atoms with Gasteiger partial charge >= 0.3 is 0 Å². The molecule has 1 atom stereocenters. The lowest BCUT2D eigenvalue weighted by Crippen LogP contribution is -2.44. The van der Waals surface area contributed by atoms with Crippen LogP contribution in [0.2, 0.25) is 0 Å². The number of methoxy groups -OCH3 is 1. The fourth-order valence-electron chi connectivity index (χ4n) is 2.41. The van der Waals surface area contributed by atoms with Crippen LogP contribution in [0.15, 0.2) is 47.7 Å². The molecule has 0 amide bonds. The van der Waals surface area contributed by atoms with E-state index >= 15 is 0 Å². The van der Waals surface area contributed by atoms with Crippen molar-refractivity contribution in [2.24, 2.45) is 4.99 Å². The molecular formula is C18H27N5O. The Morgan fingerprint density at radius 1 is 1.33 bits per heavy atom. The predicted octanol–water partition coefficient (Wildman–Crippen LogP) is 2.02. The van der Waals surface area contributed by atoms with E-state index in [9.17, 15) is 0 Å². The summed E-state index contributed by atoms with van der Waals surface area (Å²) in [5.41, 5.74) is 1.25. The van der Waals surface area contributed by atoms with E-state index in [1.807, 2.05) is 18.5 Å². The summed E-state index contributed by atoms with van der Waals surface area (Å²) >= 11 is 0. The third-order valence-corrected chi connectivity index (χ3v) is 3.52. The zero-order valence-corrected chi connectivity index (χ0v) is 14.7. The molecule has 1 unspecified atom stereocenters. The number of aromatic nitrogens is 2. The minimum absolute atomic E-state index is 0.192. The second kappa shape index (κ2) is 9.72. The molecule has 0 spiro atoms. The lowest BCUT2D eigenvalue weighted by Gasteiger charge is -2.17. The van der Waals surface area contributed by atoms with Gasteiger partial charge in [-0.25, -0.2) is 9.98 Å². The molecule has 2 aromatic rings. The average Bonchev–Trinajstić information content (AvgIpc) is 3.01. The Hall–Kier alpha value is -2.34. The first kappa shape index (κ1) is 18.0. The Kier molecular flexibility index (Phi) is 7.29. The Labute approximate surface area is 144 Å². The molecule has 2 N–H and O–H groups in total. The molecule has 6 heteroatoms. The van der Waals surface area contributed by atoms with Gasteiger partial charge in [-0.2, -0.15) is 0 Å². The number of imidazole rings is 1. The smallest absolute Gasteiger partial charge is 0.191 e. The van der Waals surface area contributed by atoms with E-state index < -0.39 is 0 Å². The molecule has 0 aliphatic carbocycles. The molecule has 0 radical (unpaired) electrons. The summed E-state index contributed by atoms with van der Waals surface area (Å²) in [5, 5.41) is 6.58. The normalized spacial score (nSPS) is 12.9. The summed E-state index contributed by atoms with van der Waals surface area (Å²) in [7, 11) is 1.70. The highest BCUT2D eigenvalue weighted by atomic mass is 16.5. The second-order valence-electron chi connectivity index (χ2n) is 5.65. The van der Waals surface area contributed by atoms with Gasteiger partial charge in [0, 0.05) is 38.6 Å². The van der Waals surface area contributed by atoms with Crippen LogP contribution in [0, 0.1) is 0 Å². The number of rotatable bonds is 8. The zero-order chi connectivity index (χ0) is 17.2. The van der Waals surface area contributed by atoms with Gasteiger partial charge in [-0.05, 0) is 19.4 Å². The first-order valence-electron chi connectivity index (χ1n) is 8.30. The van der Waals surface area contributed by atoms with Crippen LogP contribution in [-0.2, 0) is 17.8 Å². The van der Waals surface area contributed by atoms with Crippen molar-refractivity contribution in [3.8, 4) is 0 Å². The van der Waals surface area contributed by atoms with Crippen LogP contribution in [-0.4, -0.2) is 41.8 Å². The monoisotopic (exact) mass is 329 g/mol. The van der Waals surface area contributed by atoms with Gasteiger partial charge in [0.25, 0.3) is 0 Å². The van der Waals surface area contributed by atoms with E-state index in [-0.39, 0.29) is 6.04 Å². The standard InChI is InChI=1S/C18H27N5O/c1-4-19-18(22-15(2)14-24-3)21-12-17-20-10-11-23(17)13-16-8-6-5-7-9-16/h5-11,15H,4,12-14H2,1-3H3,(H2,19,21,22). The van der Waals surface area contributed by atoms with Gasteiger partial charge in [-0.3, -0.25) is 0 Å². The van der Waals surface area contributed by atoms with E-state index in [1.165, 1.54) is 5.56 Å². The molecule has 0 saturated carbocycles. The lowest BCUT2D eigenvalue weighted by molar-refractivity contribution is 0.179. The third kappa shape index (κ3) is 5.70. The Bertz CT molecular complexity index is 623. The van der Waals surface area contributed by atoms with Crippen LogP contribution in [0.5, 0.6) is 0 Å². The molecule has 6 nitrogen and oxygen atoms in total. The third-order valence-electron chi connectivity index (χ3n) is 3.52. The molecule has 1 aromatic heterocycles. The fourth-order valence-corrected chi connectivity index (χ4v) is 2.41. The van der Waals surface area contributed by atoms with Crippen LogP contribution < -0.4 is 10.6 Å². The number of guanidine groups is 1. The Morgan fingerprint density at radius 3 is 2.83 bits per heavy atom. The van der Waals surface area contributed by atoms with Crippen LogP contribution >= 0.6 is 0 Å². The maximum Gasteiger partial charge on any atom is 0.191 e. The van der Waals surface area contributed by atoms with Crippen LogP contribution in [0.1, 0.15) is 25.2 Å². The van der Waals surface area contributed by atoms with Gasteiger partial charge in [0.2, 0.25) is 0 Å². The zero-order valence-electron chi connectivity index (χ0n) is 14.7. The number of ether oxygens (including phenoxy) is 1. The molecule has 0 bridgehead atoms. The Morgan fingerprint density at radius 2 is 2.12 bits per heavy atom. The first-order valence-corrected chi connectivity index (χ1v) is 8.30. The van der Waals surface area contributed by atoms with Gasteiger partial charge in [0.1, 0.15) is 12.4 Å². The highest BCUT2D eigenvalue weighted by Gasteiger charge is 2.06. The van der Waals surface area contributed by atoms with Gasteiger partial charge < -0.3 is 19.9 Å². The largest absolute Gasteiger partial charge is 0.383 e. The number of nitrogens with zero attached hydrogens (tertiary/aromatic N) is 3. The summed E-state index contributed by atoms with van der Waals surface area (Å²) in [6, 6.07) is 10.5. The Balaban J connectivity index is 2.02. The van der Waals surface area contributed by atoms with Crippen LogP contribution in [0.25, 0.3) is 0 Å². The molecule has 0 aliphatic rings. The highest BCUT2D eigenvalue weighted by molar-refractivity contribution is 5.80. The van der Waals surface area contributed by atoms with Gasteiger partial charge in [0.15, 0.2) is 5.96 Å². The van der Waals surface area contributed by atoms with Crippen LogP contribution in [0.3, 0.4) is 0 Å². The average molecular weight is 329 g/mol. The maximum atomic E-state index is 5.16. The molecule has 2 rings (SSSR count). The molecular weight excluding hydrogens is 302 g/mol. The van der Waals surface area contributed by atoms with Crippen molar-refractivity contribution in [3.63, 3.8) is 0 Å². The number of benzene rings is 1. The van der Waals surface area contributed by atoms with E-state index in [4.69, 9.17) is 4.74 Å². The predicted molar refractivity (Wildman–Crippen MR) is 97.1 cm³/mol. The van der Waals surface area contributed by atoms with Crippen molar-refractivity contribution in [2.45, 2.75) is 33.0 Å². The lowest BCUT2D eigenvalue weighted by atomic mass is 10.2. The first-order chi connectivity index (χ1) is 11.7. The summed E-state index contributed by atoms with van der Waals surface area (Å²) in [6.07, 6.45) is 3.81. The number of nitrogens with one attached hydrogen (secondary N) is 2. The maximum absolute atomic E-state index is 5.16. The quantitative estimate of drug-likeness (QED) is 0.574. The van der Waals surface area contributed by atoms with Crippen molar-refractivity contribution in [3.05, 3.63) is 54.1 Å². The van der Waals surface area contributed by atoms with Gasteiger partial charge in [-0.1, -0.05) is 30.3 Å². The van der Waals surface area contributed by atoms with Crippen molar-refractivity contribution in [1.82, 2.24) is 20.2 Å². The van der Waals surface area contributed by atoms with Crippen molar-refractivity contribution >= 4 is 5.96 Å². The summed E-state index contributed by atoms with van der Waals surface area (Å²) in [4.78, 5) is 9.07. The summed E-state index contributed by atoms with van der Waals surface area (Å²) in [6.45, 7) is 6.88. The summed E-state index contributed by atoms with van der Waals surface area (Å²) < 4.78 is 7.28. The number of hydrogen-bond acceptors (Lipinski definition) is 3. The topological polar surface area (TPSA) is 63.5 Å². The fraction of sp³-hybridized carbons (Fsp3) is 0.444. The van der Waals surface area contributed by atoms with E-state index in [2.05, 4.69) is 63.3 Å². The van der Waals surface area contributed by atoms with E-state index in [0.717, 1.165) is 24.9 Å². The minimum atomic E-state index is 0.192. The summed E-state index contributed by atoms with van der Waals surface area (Å²) in [5.74, 6) is 1.71. The number of hydrogen-bond donors (Lipinski definition) is 2. The molecule has 0 saturated heterocycles. The SMILES string of the molecule is CCNC(=NCc1nccn1Cc1ccccc1)NC(C)COC. The molecule has 1 heterocycles. The molecule has 130 valence electrons. The molecule has 0 fully saturated rings. The van der Waals surface area contributed by atoms with Crippen molar-refractivity contribution < 1.29 is 4.74 Å². The highest BCUT2D eigenvalue weighted by Crippen LogP contribution is 2.06. The van der Waals surface area contributed by atoms with Crippen molar-refractivity contribution in [1.29, 1.82) is 0 Å². The number of aliphatic imine (C=N–C) groups is 1. The van der Waals surface area contributed by atoms with Gasteiger partial charge in [-0.15, -0.1) is 0 Å². The van der Waals surface area contributed by atoms with E-state index in [0.29, 0.717) is 13.2 Å². The van der Waals surface area contributed by atoms with E-state index in [1.54, 1.807) is 7.11 Å². The second-order valence-corrected chi connectivity index (χ2v) is 5.65. The molecule has 0 aliphatic heterocycles.